The minimum Gasteiger partial charge on any atom is -0.352 e. The Kier molecular flexibility index (Phi) is 4.82. The fourth-order valence-electron chi connectivity index (χ4n) is 2.35. The quantitative estimate of drug-likeness (QED) is 0.688. The van der Waals surface area contributed by atoms with E-state index in [1.165, 1.54) is 0 Å². The maximum Gasteiger partial charge on any atom is 0.227 e. The molecule has 1 rings (SSSR count). The molecule has 0 aromatic carbocycles. The zero-order valence-corrected chi connectivity index (χ0v) is 10.3. The van der Waals surface area contributed by atoms with Crippen molar-refractivity contribution in [3.63, 3.8) is 0 Å². The monoisotopic (exact) mass is 222 g/mol. The molecule has 3 heteroatoms. The van der Waals surface area contributed by atoms with Crippen LogP contribution in [0.5, 0.6) is 0 Å². The second-order valence-corrected chi connectivity index (χ2v) is 4.74. The van der Waals surface area contributed by atoms with E-state index in [1.807, 2.05) is 6.92 Å². The van der Waals surface area contributed by atoms with Crippen molar-refractivity contribution in [2.45, 2.75) is 45.6 Å². The molecule has 0 aromatic heterocycles. The third-order valence-electron chi connectivity index (χ3n) is 3.26. The van der Waals surface area contributed by atoms with Crippen LogP contribution in [0.25, 0.3) is 0 Å². The van der Waals surface area contributed by atoms with Crippen LogP contribution in [0.3, 0.4) is 0 Å². The minimum absolute atomic E-state index is 0.0758. The van der Waals surface area contributed by atoms with Gasteiger partial charge >= 0.3 is 0 Å². The fraction of sp³-hybridized carbons (Fsp3) is 0.769. The highest BCUT2D eigenvalue weighted by Gasteiger charge is 2.40. The molecule has 0 aliphatic carbocycles. The largest absolute Gasteiger partial charge is 0.352 e. The van der Waals surface area contributed by atoms with Crippen LogP contribution in [0.4, 0.5) is 0 Å². The third-order valence-corrected chi connectivity index (χ3v) is 3.26. The predicted molar refractivity (Wildman–Crippen MR) is 65.9 cm³/mol. The molecule has 90 valence electrons. The molecule has 0 saturated carbocycles. The normalized spacial score (nSPS) is 26.1. The van der Waals surface area contributed by atoms with Crippen molar-refractivity contribution in [3.05, 3.63) is 0 Å². The van der Waals surface area contributed by atoms with Crippen molar-refractivity contribution in [3.8, 4) is 12.3 Å². The van der Waals surface area contributed by atoms with Crippen LogP contribution in [0, 0.1) is 17.8 Å². The first-order valence-corrected chi connectivity index (χ1v) is 6.10. The summed E-state index contributed by atoms with van der Waals surface area (Å²) < 4.78 is 0. The summed E-state index contributed by atoms with van der Waals surface area (Å²) in [5.74, 6) is 2.75. The smallest absolute Gasteiger partial charge is 0.227 e. The van der Waals surface area contributed by atoms with Gasteiger partial charge < -0.3 is 10.6 Å². The summed E-state index contributed by atoms with van der Waals surface area (Å²) in [4.78, 5) is 12.2. The van der Waals surface area contributed by atoms with E-state index in [9.17, 15) is 4.79 Å². The molecular weight excluding hydrogens is 200 g/mol. The Bertz CT molecular complexity index is 274. The molecule has 0 spiro atoms. The number of hydrogen-bond donors (Lipinski definition) is 2. The molecule has 0 aromatic rings. The van der Waals surface area contributed by atoms with Gasteiger partial charge in [-0.25, -0.2) is 0 Å². The topological polar surface area (TPSA) is 41.1 Å². The summed E-state index contributed by atoms with van der Waals surface area (Å²) in [6.45, 7) is 5.82. The SMILES string of the molecule is C#CCC(C)NC(=O)C1(CCC)CCNC1. The van der Waals surface area contributed by atoms with Crippen molar-refractivity contribution in [1.29, 1.82) is 0 Å². The first-order chi connectivity index (χ1) is 7.64. The summed E-state index contributed by atoms with van der Waals surface area (Å²) in [6, 6.07) is 0.0758. The van der Waals surface area contributed by atoms with Crippen molar-refractivity contribution in [1.82, 2.24) is 10.6 Å². The Morgan fingerprint density at radius 1 is 1.69 bits per heavy atom. The highest BCUT2D eigenvalue weighted by molar-refractivity contribution is 5.83. The molecule has 16 heavy (non-hydrogen) atoms. The van der Waals surface area contributed by atoms with Gasteiger partial charge in [0.25, 0.3) is 0 Å². The van der Waals surface area contributed by atoms with E-state index >= 15 is 0 Å². The summed E-state index contributed by atoms with van der Waals surface area (Å²) in [7, 11) is 0. The Morgan fingerprint density at radius 2 is 2.44 bits per heavy atom. The molecule has 2 unspecified atom stereocenters. The van der Waals surface area contributed by atoms with Gasteiger partial charge in [0.2, 0.25) is 5.91 Å². The second-order valence-electron chi connectivity index (χ2n) is 4.74. The Hall–Kier alpha value is -1.01. The predicted octanol–water partition coefficient (Wildman–Crippen LogP) is 1.29. The second kappa shape index (κ2) is 5.91. The average molecular weight is 222 g/mol. The van der Waals surface area contributed by atoms with Crippen LogP contribution < -0.4 is 10.6 Å². The summed E-state index contributed by atoms with van der Waals surface area (Å²) in [5, 5.41) is 6.31. The Labute approximate surface area is 98.4 Å². The molecular formula is C13H22N2O. The zero-order chi connectivity index (χ0) is 12.0. The number of carbonyl (C=O) groups excluding carboxylic acids is 1. The molecule has 1 fully saturated rings. The number of amides is 1. The van der Waals surface area contributed by atoms with E-state index in [2.05, 4.69) is 23.5 Å². The average Bonchev–Trinajstić information content (AvgIpc) is 2.68. The summed E-state index contributed by atoms with van der Waals surface area (Å²) in [6.07, 6.45) is 8.77. The van der Waals surface area contributed by atoms with Crippen LogP contribution in [0.2, 0.25) is 0 Å². The highest BCUT2D eigenvalue weighted by Crippen LogP contribution is 2.31. The molecule has 1 amide bonds. The van der Waals surface area contributed by atoms with E-state index in [1.54, 1.807) is 0 Å². The van der Waals surface area contributed by atoms with Gasteiger partial charge in [0, 0.05) is 19.0 Å². The Balaban J connectivity index is 2.58. The number of nitrogens with one attached hydrogen (secondary N) is 2. The van der Waals surface area contributed by atoms with Crippen molar-refractivity contribution in [2.75, 3.05) is 13.1 Å². The Morgan fingerprint density at radius 3 is 2.94 bits per heavy atom. The van der Waals surface area contributed by atoms with E-state index in [0.717, 1.165) is 32.4 Å². The van der Waals surface area contributed by atoms with Crippen LogP contribution in [0.15, 0.2) is 0 Å². The minimum atomic E-state index is -0.197. The van der Waals surface area contributed by atoms with Crippen LogP contribution >= 0.6 is 0 Å². The van der Waals surface area contributed by atoms with Crippen molar-refractivity contribution >= 4 is 5.91 Å². The van der Waals surface area contributed by atoms with Crippen LogP contribution in [-0.4, -0.2) is 25.0 Å². The maximum absolute atomic E-state index is 12.2. The standard InChI is InChI=1S/C13H22N2O/c1-4-6-11(3)15-12(16)13(7-5-2)8-9-14-10-13/h1,11,14H,5-10H2,2-3H3,(H,15,16). The number of hydrogen-bond acceptors (Lipinski definition) is 2. The van der Waals surface area contributed by atoms with Crippen LogP contribution in [0.1, 0.15) is 39.5 Å². The van der Waals surface area contributed by atoms with Gasteiger partial charge in [-0.3, -0.25) is 4.79 Å². The third kappa shape index (κ3) is 2.99. The number of rotatable bonds is 5. The molecule has 1 aliphatic heterocycles. The van der Waals surface area contributed by atoms with Gasteiger partial charge in [-0.2, -0.15) is 0 Å². The van der Waals surface area contributed by atoms with E-state index in [0.29, 0.717) is 6.42 Å². The van der Waals surface area contributed by atoms with Gasteiger partial charge in [-0.15, -0.1) is 12.3 Å². The molecule has 1 aliphatic rings. The van der Waals surface area contributed by atoms with Gasteiger partial charge in [-0.05, 0) is 26.3 Å². The van der Waals surface area contributed by atoms with Crippen LogP contribution in [-0.2, 0) is 4.79 Å². The van der Waals surface area contributed by atoms with Gasteiger partial charge in [-0.1, -0.05) is 13.3 Å². The van der Waals surface area contributed by atoms with E-state index in [4.69, 9.17) is 6.42 Å². The molecule has 2 atom stereocenters. The molecule has 2 N–H and O–H groups in total. The summed E-state index contributed by atoms with van der Waals surface area (Å²) in [5.41, 5.74) is -0.197. The number of terminal acetylenes is 1. The first kappa shape index (κ1) is 13.1. The first-order valence-electron chi connectivity index (χ1n) is 6.10. The lowest BCUT2D eigenvalue weighted by Gasteiger charge is -2.28. The molecule has 3 nitrogen and oxygen atoms in total. The molecule has 0 radical (unpaired) electrons. The van der Waals surface area contributed by atoms with Crippen molar-refractivity contribution in [2.24, 2.45) is 5.41 Å². The van der Waals surface area contributed by atoms with Gasteiger partial charge in [0.1, 0.15) is 0 Å². The van der Waals surface area contributed by atoms with E-state index < -0.39 is 0 Å². The lowest BCUT2D eigenvalue weighted by molar-refractivity contribution is -0.131. The summed E-state index contributed by atoms with van der Waals surface area (Å²) >= 11 is 0. The number of carbonyl (C=O) groups is 1. The zero-order valence-electron chi connectivity index (χ0n) is 10.3. The lowest BCUT2D eigenvalue weighted by atomic mass is 9.81. The van der Waals surface area contributed by atoms with E-state index in [-0.39, 0.29) is 17.4 Å². The molecule has 1 heterocycles. The van der Waals surface area contributed by atoms with Crippen molar-refractivity contribution < 1.29 is 4.79 Å². The lowest BCUT2D eigenvalue weighted by Crippen LogP contribution is -2.45. The molecule has 0 bridgehead atoms. The maximum atomic E-state index is 12.2. The van der Waals surface area contributed by atoms with Gasteiger partial charge in [0.05, 0.1) is 5.41 Å². The highest BCUT2D eigenvalue weighted by atomic mass is 16.2. The van der Waals surface area contributed by atoms with Gasteiger partial charge in [0.15, 0.2) is 0 Å². The molecule has 1 saturated heterocycles. The fourth-order valence-corrected chi connectivity index (χ4v) is 2.35.